The Morgan fingerprint density at radius 3 is 1.78 bits per heavy atom. The van der Waals surface area contributed by atoms with Crippen molar-refractivity contribution in [1.29, 1.82) is 0 Å². The molecule has 1 radical (unpaired) electrons. The van der Waals surface area contributed by atoms with Crippen molar-refractivity contribution in [2.24, 2.45) is 0 Å². The van der Waals surface area contributed by atoms with Crippen LogP contribution in [-0.4, -0.2) is 12.3 Å². The van der Waals surface area contributed by atoms with E-state index >= 15 is 0 Å². The molecule has 0 bridgehead atoms. The lowest BCUT2D eigenvalue weighted by Gasteiger charge is -2.40. The van der Waals surface area contributed by atoms with Crippen molar-refractivity contribution >= 4 is 67.8 Å². The van der Waals surface area contributed by atoms with Crippen LogP contribution in [0.5, 0.6) is 0 Å². The first kappa shape index (κ1) is 36.4. The maximum absolute atomic E-state index is 3.98. The van der Waals surface area contributed by atoms with Crippen molar-refractivity contribution in [1.82, 2.24) is 4.98 Å². The summed E-state index contributed by atoms with van der Waals surface area (Å²) in [5.41, 5.74) is 26.8. The van der Waals surface area contributed by atoms with E-state index < -0.39 is 0 Å². The van der Waals surface area contributed by atoms with E-state index in [9.17, 15) is 0 Å². The number of anilines is 3. The molecule has 64 heavy (non-hydrogen) atoms. The van der Waals surface area contributed by atoms with E-state index in [2.05, 4.69) is 222 Å². The summed E-state index contributed by atoms with van der Waals surface area (Å²) in [4.78, 5) is 6.65. The molecule has 303 valence electrons. The molecule has 0 unspecified atom stereocenters. The van der Waals surface area contributed by atoms with Crippen LogP contribution < -0.4 is 15.8 Å². The number of para-hydroxylation sites is 1. The summed E-state index contributed by atoms with van der Waals surface area (Å²) in [7, 11) is 2.54. The second kappa shape index (κ2) is 12.1. The van der Waals surface area contributed by atoms with Crippen LogP contribution in [0.15, 0.2) is 164 Å². The third-order valence-corrected chi connectivity index (χ3v) is 16.0. The first-order chi connectivity index (χ1) is 31.0. The van der Waals surface area contributed by atoms with E-state index in [1.54, 1.807) is 0 Å². The maximum Gasteiger partial charge on any atom is 0.197 e. The number of nitrogens with one attached hydrogen (secondary N) is 1. The fraction of sp³-hybridized carbons (Fsp3) is 0.148. The zero-order valence-corrected chi connectivity index (χ0v) is 37.1. The number of aromatic amines is 1. The summed E-state index contributed by atoms with van der Waals surface area (Å²) in [5, 5.41) is 5.07. The quantitative estimate of drug-likeness (QED) is 0.172. The van der Waals surface area contributed by atoms with Gasteiger partial charge in [0.25, 0.3) is 0 Å². The number of hydrogen-bond donors (Lipinski definition) is 1. The number of nitrogens with zero attached hydrogens (tertiary/aromatic N) is 1. The number of H-pyrrole nitrogens is 1. The van der Waals surface area contributed by atoms with E-state index in [4.69, 9.17) is 0 Å². The molecule has 4 aliphatic rings. The largest absolute Gasteiger partial charge is 0.354 e. The first-order valence-corrected chi connectivity index (χ1v) is 22.9. The van der Waals surface area contributed by atoms with Gasteiger partial charge in [-0.25, -0.2) is 0 Å². The molecule has 0 atom stereocenters. The minimum absolute atomic E-state index is 0.0896. The minimum Gasteiger partial charge on any atom is -0.354 e. The molecule has 0 amide bonds. The molecule has 0 saturated heterocycles. The summed E-state index contributed by atoms with van der Waals surface area (Å²) >= 11 is 0. The fourth-order valence-electron chi connectivity index (χ4n) is 12.9. The number of benzene rings is 9. The Hall–Kier alpha value is -7.10. The van der Waals surface area contributed by atoms with Gasteiger partial charge in [0, 0.05) is 55.2 Å². The van der Waals surface area contributed by atoms with Crippen LogP contribution in [0.25, 0.3) is 77.1 Å². The molecule has 0 spiro atoms. The van der Waals surface area contributed by atoms with Gasteiger partial charge in [-0.1, -0.05) is 180 Å². The Morgan fingerprint density at radius 1 is 0.438 bits per heavy atom. The van der Waals surface area contributed by atoms with Gasteiger partial charge < -0.3 is 9.88 Å². The lowest BCUT2D eigenvalue weighted by molar-refractivity contribution is 0.660. The highest BCUT2D eigenvalue weighted by Gasteiger charge is 2.45. The van der Waals surface area contributed by atoms with Gasteiger partial charge in [-0.2, -0.15) is 0 Å². The normalized spacial score (nSPS) is 16.1. The fourth-order valence-corrected chi connectivity index (χ4v) is 12.9. The van der Waals surface area contributed by atoms with Gasteiger partial charge >= 0.3 is 0 Å². The van der Waals surface area contributed by atoms with E-state index in [-0.39, 0.29) is 16.2 Å². The molecular weight excluding hydrogens is 771 g/mol. The smallest absolute Gasteiger partial charge is 0.197 e. The van der Waals surface area contributed by atoms with Gasteiger partial charge in [0.1, 0.15) is 0 Å². The van der Waals surface area contributed by atoms with Crippen LogP contribution in [0.2, 0.25) is 0 Å². The van der Waals surface area contributed by atoms with Crippen LogP contribution in [0.3, 0.4) is 0 Å². The van der Waals surface area contributed by atoms with Gasteiger partial charge in [0.2, 0.25) is 0 Å². The summed E-state index contributed by atoms with van der Waals surface area (Å²) < 4.78 is 0. The molecule has 14 rings (SSSR count). The van der Waals surface area contributed by atoms with E-state index in [0.29, 0.717) is 0 Å². The molecule has 2 heterocycles. The van der Waals surface area contributed by atoms with Crippen molar-refractivity contribution in [2.45, 2.75) is 57.8 Å². The average Bonchev–Trinajstić information content (AvgIpc) is 3.96. The number of hydrogen-bond acceptors (Lipinski definition) is 1. The van der Waals surface area contributed by atoms with Crippen LogP contribution in [0.4, 0.5) is 17.1 Å². The van der Waals surface area contributed by atoms with Crippen molar-refractivity contribution in [3.05, 3.63) is 197 Å². The molecule has 0 saturated carbocycles. The van der Waals surface area contributed by atoms with E-state index in [1.165, 1.54) is 133 Å². The van der Waals surface area contributed by atoms with Crippen molar-refractivity contribution in [2.75, 3.05) is 4.90 Å². The summed E-state index contributed by atoms with van der Waals surface area (Å²) in [6.45, 7) is 14.4. The number of rotatable bonds is 2. The van der Waals surface area contributed by atoms with Crippen molar-refractivity contribution in [3.63, 3.8) is 0 Å². The topological polar surface area (TPSA) is 19.0 Å². The Bertz CT molecular complexity index is 3750. The van der Waals surface area contributed by atoms with Crippen molar-refractivity contribution < 1.29 is 0 Å². The van der Waals surface area contributed by atoms with Gasteiger partial charge in [-0.3, -0.25) is 0 Å². The molecule has 10 aromatic rings. The zero-order chi connectivity index (χ0) is 43.0. The predicted molar refractivity (Wildman–Crippen MR) is 271 cm³/mol. The number of fused-ring (bicyclic) bond motifs is 17. The Balaban J connectivity index is 1.12. The highest BCUT2D eigenvalue weighted by molar-refractivity contribution is 6.73. The molecule has 3 heteroatoms. The van der Waals surface area contributed by atoms with E-state index in [0.717, 1.165) is 5.52 Å². The monoisotopic (exact) mass is 817 g/mol. The first-order valence-electron chi connectivity index (χ1n) is 22.9. The molecular formula is C61H46BN2. The summed E-state index contributed by atoms with van der Waals surface area (Å²) in [5.74, 6) is 0. The standard InChI is InChI=1S/C61H46BN2/c1-59(2)46-23-12-9-18-37(46)42-30-35(27-28-49(42)59)64-53-32-43-38-19-10-13-24-47(38)60(3,4)50(43)33-51(53)62-56-45(31-44-39-20-11-14-25-48(39)61(5,6)55(44)58(56)64)40-21-15-22-41-54-36-17-8-7-16-34(36)26-29-52(54)63-57(40)41/h7-33,63H,1-6H3. The lowest BCUT2D eigenvalue weighted by Crippen LogP contribution is -2.43. The third kappa shape index (κ3) is 4.47. The highest BCUT2D eigenvalue weighted by atomic mass is 15.2. The molecule has 0 fully saturated rings. The SMILES string of the molecule is CC1(C)c2ccccc2-c2cc(N3c4cc5c(cc4[B]c4c(-c6cccc7c6[nH]c6ccc8ccccc8c67)cc6c(c43)C(C)(C)c3ccccc3-6)C(C)(C)c3ccccc3-5)ccc21. The van der Waals surface area contributed by atoms with Gasteiger partial charge in [0.15, 0.2) is 7.28 Å². The van der Waals surface area contributed by atoms with Gasteiger partial charge in [0.05, 0.1) is 5.52 Å². The second-order valence-electron chi connectivity index (χ2n) is 20.3. The van der Waals surface area contributed by atoms with Crippen LogP contribution in [0, 0.1) is 0 Å². The van der Waals surface area contributed by atoms with Crippen LogP contribution >= 0.6 is 0 Å². The Morgan fingerprint density at radius 2 is 1.03 bits per heavy atom. The predicted octanol–water partition coefficient (Wildman–Crippen LogP) is 14.5. The molecule has 1 N–H and O–H groups in total. The summed E-state index contributed by atoms with van der Waals surface area (Å²) in [6, 6.07) is 62.4. The van der Waals surface area contributed by atoms with Gasteiger partial charge in [-0.05, 0) is 119 Å². The molecule has 9 aromatic carbocycles. The van der Waals surface area contributed by atoms with Crippen LogP contribution in [0.1, 0.15) is 74.9 Å². The summed E-state index contributed by atoms with van der Waals surface area (Å²) in [6.07, 6.45) is 0. The van der Waals surface area contributed by atoms with Crippen molar-refractivity contribution in [3.8, 4) is 44.5 Å². The minimum atomic E-state index is -0.263. The second-order valence-corrected chi connectivity index (χ2v) is 20.3. The number of aromatic nitrogens is 1. The molecule has 3 aliphatic carbocycles. The molecule has 1 aliphatic heterocycles. The molecule has 1 aromatic heterocycles. The van der Waals surface area contributed by atoms with E-state index in [1.807, 2.05) is 0 Å². The van der Waals surface area contributed by atoms with Gasteiger partial charge in [-0.15, -0.1) is 0 Å². The Labute approximate surface area is 375 Å². The average molecular weight is 818 g/mol. The highest BCUT2D eigenvalue weighted by Crippen LogP contribution is 2.58. The Kier molecular flexibility index (Phi) is 6.89. The third-order valence-electron chi connectivity index (χ3n) is 16.0. The maximum atomic E-state index is 3.98. The zero-order valence-electron chi connectivity index (χ0n) is 37.1. The van der Waals surface area contributed by atoms with Crippen LogP contribution in [-0.2, 0) is 16.2 Å². The molecule has 2 nitrogen and oxygen atoms in total. The lowest BCUT2D eigenvalue weighted by atomic mass is 9.56.